The number of rotatable bonds is 3. The maximum atomic E-state index is 11.9. The van der Waals surface area contributed by atoms with Gasteiger partial charge in [0.2, 0.25) is 0 Å². The summed E-state index contributed by atoms with van der Waals surface area (Å²) < 4.78 is 1.60. The Morgan fingerprint density at radius 2 is 2.25 bits per heavy atom. The average Bonchev–Trinajstić information content (AvgIpc) is 2.64. The quantitative estimate of drug-likeness (QED) is 0.730. The van der Waals surface area contributed by atoms with Crippen LogP contribution in [0, 0.1) is 6.92 Å². The summed E-state index contributed by atoms with van der Waals surface area (Å²) in [5.41, 5.74) is 2.52. The molecule has 0 atom stereocenters. The fourth-order valence-electron chi connectivity index (χ4n) is 1.56. The zero-order valence-electron chi connectivity index (χ0n) is 9.34. The van der Waals surface area contributed by atoms with Crippen LogP contribution in [0.1, 0.15) is 21.6 Å². The lowest BCUT2D eigenvalue weighted by molar-refractivity contribution is 0.0992. The zero-order chi connectivity index (χ0) is 11.5. The van der Waals surface area contributed by atoms with Gasteiger partial charge in [-0.1, -0.05) is 29.0 Å². The van der Waals surface area contributed by atoms with Crippen LogP contribution in [0.25, 0.3) is 0 Å². The number of Topliss-reactive ketones (excluding diaryl/α,β-unsaturated/α-hetero) is 1. The summed E-state index contributed by atoms with van der Waals surface area (Å²) in [6.45, 7) is 1.97. The Labute approximate surface area is 93.9 Å². The molecule has 0 fully saturated rings. The Bertz CT molecular complexity index is 516. The summed E-state index contributed by atoms with van der Waals surface area (Å²) in [4.78, 5) is 11.9. The fraction of sp³-hybridized carbons (Fsp3) is 0.250. The second-order valence-electron chi connectivity index (χ2n) is 3.85. The Hall–Kier alpha value is -1.97. The van der Waals surface area contributed by atoms with Crippen molar-refractivity contribution in [1.29, 1.82) is 0 Å². The molecule has 0 radical (unpaired) electrons. The van der Waals surface area contributed by atoms with Gasteiger partial charge >= 0.3 is 0 Å². The van der Waals surface area contributed by atoms with E-state index in [0.29, 0.717) is 12.1 Å². The molecule has 4 heteroatoms. The van der Waals surface area contributed by atoms with Gasteiger partial charge in [0, 0.05) is 18.8 Å². The molecule has 0 aliphatic heterocycles. The second kappa shape index (κ2) is 4.26. The van der Waals surface area contributed by atoms with Crippen LogP contribution in [-0.4, -0.2) is 20.8 Å². The Morgan fingerprint density at radius 3 is 2.88 bits per heavy atom. The predicted octanol–water partition coefficient (Wildman–Crippen LogP) is 1.55. The lowest BCUT2D eigenvalue weighted by atomic mass is 10.0. The lowest BCUT2D eigenvalue weighted by Crippen LogP contribution is -2.04. The van der Waals surface area contributed by atoms with Crippen molar-refractivity contribution in [2.75, 3.05) is 0 Å². The highest BCUT2D eigenvalue weighted by molar-refractivity contribution is 5.97. The van der Waals surface area contributed by atoms with E-state index in [1.54, 1.807) is 17.9 Å². The molecule has 0 aliphatic rings. The standard InChI is InChI=1S/C12H13N3O/c1-9-4-3-5-10(6-9)12(16)7-11-8-15(2)14-13-11/h3-6,8H,7H2,1-2H3. The van der Waals surface area contributed by atoms with E-state index < -0.39 is 0 Å². The Kier molecular flexibility index (Phi) is 2.81. The molecule has 0 spiro atoms. The first-order valence-corrected chi connectivity index (χ1v) is 5.10. The highest BCUT2D eigenvalue weighted by Crippen LogP contribution is 2.07. The van der Waals surface area contributed by atoms with Gasteiger partial charge in [-0.25, -0.2) is 0 Å². The first-order valence-electron chi connectivity index (χ1n) is 5.10. The molecular formula is C12H13N3O. The zero-order valence-corrected chi connectivity index (χ0v) is 9.34. The third kappa shape index (κ3) is 2.34. The van der Waals surface area contributed by atoms with Crippen molar-refractivity contribution in [2.45, 2.75) is 13.3 Å². The number of aryl methyl sites for hydroxylation is 2. The first kappa shape index (κ1) is 10.5. The Balaban J connectivity index is 2.14. The van der Waals surface area contributed by atoms with Crippen molar-refractivity contribution in [1.82, 2.24) is 15.0 Å². The molecule has 0 amide bonds. The minimum Gasteiger partial charge on any atom is -0.294 e. The molecule has 0 unspecified atom stereocenters. The van der Waals surface area contributed by atoms with Crippen LogP contribution in [0.2, 0.25) is 0 Å². The highest BCUT2D eigenvalue weighted by atomic mass is 16.1. The number of nitrogens with zero attached hydrogens (tertiary/aromatic N) is 3. The molecule has 0 bridgehead atoms. The van der Waals surface area contributed by atoms with Crippen LogP contribution in [0.15, 0.2) is 30.5 Å². The van der Waals surface area contributed by atoms with Gasteiger partial charge in [-0.2, -0.15) is 0 Å². The van der Waals surface area contributed by atoms with Crippen LogP contribution in [-0.2, 0) is 13.5 Å². The van der Waals surface area contributed by atoms with Gasteiger partial charge < -0.3 is 0 Å². The van der Waals surface area contributed by atoms with Crippen molar-refractivity contribution in [2.24, 2.45) is 7.05 Å². The molecule has 1 aromatic carbocycles. The molecule has 4 nitrogen and oxygen atoms in total. The topological polar surface area (TPSA) is 47.8 Å². The number of carbonyl (C=O) groups is 1. The molecule has 0 N–H and O–H groups in total. The van der Waals surface area contributed by atoms with Crippen LogP contribution < -0.4 is 0 Å². The lowest BCUT2D eigenvalue weighted by Gasteiger charge is -1.99. The first-order chi connectivity index (χ1) is 7.65. The van der Waals surface area contributed by atoms with E-state index in [-0.39, 0.29) is 5.78 Å². The maximum absolute atomic E-state index is 11.9. The fourth-order valence-corrected chi connectivity index (χ4v) is 1.56. The van der Waals surface area contributed by atoms with Crippen molar-refractivity contribution in [3.63, 3.8) is 0 Å². The summed E-state index contributed by atoms with van der Waals surface area (Å²) in [6, 6.07) is 7.57. The second-order valence-corrected chi connectivity index (χ2v) is 3.85. The molecule has 2 rings (SSSR count). The van der Waals surface area contributed by atoms with Crippen molar-refractivity contribution < 1.29 is 4.79 Å². The van der Waals surface area contributed by atoms with E-state index in [1.165, 1.54) is 0 Å². The molecule has 2 aromatic rings. The van der Waals surface area contributed by atoms with Crippen LogP contribution in [0.4, 0.5) is 0 Å². The van der Waals surface area contributed by atoms with Gasteiger partial charge in [0.25, 0.3) is 0 Å². The minimum atomic E-state index is 0.0733. The summed E-state index contributed by atoms with van der Waals surface area (Å²) in [7, 11) is 1.79. The summed E-state index contributed by atoms with van der Waals surface area (Å²) in [5.74, 6) is 0.0733. The van der Waals surface area contributed by atoms with Gasteiger partial charge in [0.1, 0.15) is 0 Å². The normalized spacial score (nSPS) is 10.4. The summed E-state index contributed by atoms with van der Waals surface area (Å²) in [5, 5.41) is 7.69. The monoisotopic (exact) mass is 215 g/mol. The molecule has 1 aromatic heterocycles. The van der Waals surface area contributed by atoms with Gasteiger partial charge in [0.05, 0.1) is 12.1 Å². The third-order valence-corrected chi connectivity index (χ3v) is 2.33. The van der Waals surface area contributed by atoms with E-state index in [9.17, 15) is 4.79 Å². The van der Waals surface area contributed by atoms with E-state index >= 15 is 0 Å². The minimum absolute atomic E-state index is 0.0733. The average molecular weight is 215 g/mol. The van der Waals surface area contributed by atoms with Gasteiger partial charge in [-0.15, -0.1) is 5.10 Å². The molecular weight excluding hydrogens is 202 g/mol. The number of hydrogen-bond acceptors (Lipinski definition) is 3. The third-order valence-electron chi connectivity index (χ3n) is 2.33. The molecule has 82 valence electrons. The predicted molar refractivity (Wildman–Crippen MR) is 60.2 cm³/mol. The highest BCUT2D eigenvalue weighted by Gasteiger charge is 2.09. The SMILES string of the molecule is Cc1cccc(C(=O)Cc2cn(C)nn2)c1. The summed E-state index contributed by atoms with van der Waals surface area (Å²) >= 11 is 0. The molecule has 1 heterocycles. The van der Waals surface area contributed by atoms with Crippen LogP contribution >= 0.6 is 0 Å². The number of carbonyl (C=O) groups excluding carboxylic acids is 1. The van der Waals surface area contributed by atoms with Crippen molar-refractivity contribution in [3.05, 3.63) is 47.3 Å². The molecule has 0 aliphatic carbocycles. The van der Waals surface area contributed by atoms with Gasteiger partial charge in [0.15, 0.2) is 5.78 Å². The van der Waals surface area contributed by atoms with Gasteiger partial charge in [-0.3, -0.25) is 9.48 Å². The van der Waals surface area contributed by atoms with Crippen LogP contribution in [0.3, 0.4) is 0 Å². The Morgan fingerprint density at radius 1 is 1.44 bits per heavy atom. The van der Waals surface area contributed by atoms with Crippen molar-refractivity contribution >= 4 is 5.78 Å². The van der Waals surface area contributed by atoms with E-state index in [0.717, 1.165) is 11.1 Å². The number of benzene rings is 1. The molecule has 0 saturated carbocycles. The number of hydrogen-bond donors (Lipinski definition) is 0. The van der Waals surface area contributed by atoms with E-state index in [4.69, 9.17) is 0 Å². The molecule has 16 heavy (non-hydrogen) atoms. The number of aromatic nitrogens is 3. The van der Waals surface area contributed by atoms with Gasteiger partial charge in [-0.05, 0) is 13.0 Å². The largest absolute Gasteiger partial charge is 0.294 e. The number of ketones is 1. The summed E-state index contributed by atoms with van der Waals surface area (Å²) in [6.07, 6.45) is 2.06. The smallest absolute Gasteiger partial charge is 0.168 e. The van der Waals surface area contributed by atoms with Crippen LogP contribution in [0.5, 0.6) is 0 Å². The maximum Gasteiger partial charge on any atom is 0.168 e. The van der Waals surface area contributed by atoms with E-state index in [2.05, 4.69) is 10.3 Å². The van der Waals surface area contributed by atoms with E-state index in [1.807, 2.05) is 31.2 Å². The molecule has 0 saturated heterocycles. The van der Waals surface area contributed by atoms with Crippen molar-refractivity contribution in [3.8, 4) is 0 Å².